The number of carbonyl (C=O) groups excluding carboxylic acids is 2. The van der Waals surface area contributed by atoms with Crippen molar-refractivity contribution in [3.05, 3.63) is 138 Å². The minimum atomic E-state index is -4.45. The van der Waals surface area contributed by atoms with Gasteiger partial charge in [0.05, 0.1) is 11.3 Å². The summed E-state index contributed by atoms with van der Waals surface area (Å²) in [4.78, 5) is 28.1. The minimum absolute atomic E-state index is 0.213. The zero-order chi connectivity index (χ0) is 29.9. The standard InChI is InChI=1S/C34H28F3N3O2/c1-39-22-28(38-32(41)30-11-7-6-10-29(30)26-16-18-27(19-17-26)34(35,36)37)20-31(39)33(42)40(2)21-23-12-14-25(15-13-23)24-8-4-3-5-9-24/h3-20,22H,21H2,1-2H3,(H,38,41). The van der Waals surface area contributed by atoms with Crippen molar-refractivity contribution in [1.82, 2.24) is 9.47 Å². The van der Waals surface area contributed by atoms with Crippen LogP contribution in [0, 0.1) is 0 Å². The van der Waals surface area contributed by atoms with Gasteiger partial charge in [0.25, 0.3) is 11.8 Å². The van der Waals surface area contributed by atoms with Gasteiger partial charge in [-0.3, -0.25) is 9.59 Å². The van der Waals surface area contributed by atoms with Gasteiger partial charge < -0.3 is 14.8 Å². The number of rotatable bonds is 7. The first-order chi connectivity index (χ1) is 20.1. The van der Waals surface area contributed by atoms with Crippen molar-refractivity contribution in [3.63, 3.8) is 0 Å². The van der Waals surface area contributed by atoms with Crippen molar-refractivity contribution in [1.29, 1.82) is 0 Å². The molecule has 0 saturated heterocycles. The topological polar surface area (TPSA) is 54.3 Å². The molecule has 0 bridgehead atoms. The summed E-state index contributed by atoms with van der Waals surface area (Å²) >= 11 is 0. The molecule has 8 heteroatoms. The molecule has 5 aromatic rings. The van der Waals surface area contributed by atoms with Gasteiger partial charge in [-0.25, -0.2) is 0 Å². The number of hydrogen-bond donors (Lipinski definition) is 1. The van der Waals surface area contributed by atoms with Gasteiger partial charge in [-0.1, -0.05) is 84.9 Å². The molecule has 2 amide bonds. The summed E-state index contributed by atoms with van der Waals surface area (Å²) in [6, 6.07) is 31.1. The molecule has 1 N–H and O–H groups in total. The van der Waals surface area contributed by atoms with Crippen LogP contribution in [-0.4, -0.2) is 28.3 Å². The van der Waals surface area contributed by atoms with Gasteiger partial charge in [-0.15, -0.1) is 0 Å². The smallest absolute Gasteiger partial charge is 0.344 e. The number of aromatic nitrogens is 1. The first-order valence-electron chi connectivity index (χ1n) is 13.2. The van der Waals surface area contributed by atoms with Crippen LogP contribution in [0.5, 0.6) is 0 Å². The van der Waals surface area contributed by atoms with Crippen LogP contribution in [-0.2, 0) is 19.8 Å². The number of carbonyl (C=O) groups is 2. The molecule has 1 heterocycles. The molecule has 5 nitrogen and oxygen atoms in total. The summed E-state index contributed by atoms with van der Waals surface area (Å²) in [5.74, 6) is -0.655. The maximum atomic E-state index is 13.3. The van der Waals surface area contributed by atoms with E-state index < -0.39 is 17.6 Å². The fourth-order valence-corrected chi connectivity index (χ4v) is 4.79. The Labute approximate surface area is 241 Å². The van der Waals surface area contributed by atoms with E-state index in [1.165, 1.54) is 12.1 Å². The highest BCUT2D eigenvalue weighted by molar-refractivity contribution is 6.09. The second kappa shape index (κ2) is 11.8. The third-order valence-electron chi connectivity index (χ3n) is 7.00. The van der Waals surface area contributed by atoms with Gasteiger partial charge in [-0.05, 0) is 52.1 Å². The number of alkyl halides is 3. The third-order valence-corrected chi connectivity index (χ3v) is 7.00. The molecule has 0 aliphatic rings. The van der Waals surface area contributed by atoms with E-state index in [9.17, 15) is 22.8 Å². The van der Waals surface area contributed by atoms with E-state index in [4.69, 9.17) is 0 Å². The van der Waals surface area contributed by atoms with Crippen LogP contribution in [0.1, 0.15) is 32.0 Å². The minimum Gasteiger partial charge on any atom is -0.344 e. The molecule has 0 unspecified atom stereocenters. The summed E-state index contributed by atoms with van der Waals surface area (Å²) in [6.45, 7) is 0.404. The number of hydrogen-bond acceptors (Lipinski definition) is 2. The molecule has 0 aliphatic carbocycles. The summed E-state index contributed by atoms with van der Waals surface area (Å²) < 4.78 is 40.7. The van der Waals surface area contributed by atoms with Crippen LogP contribution in [0.25, 0.3) is 22.3 Å². The molecule has 4 aromatic carbocycles. The number of amides is 2. The van der Waals surface area contributed by atoms with E-state index in [0.29, 0.717) is 34.6 Å². The Morgan fingerprint density at radius 2 is 1.38 bits per heavy atom. The van der Waals surface area contributed by atoms with Crippen molar-refractivity contribution < 1.29 is 22.8 Å². The van der Waals surface area contributed by atoms with Gasteiger partial charge in [0.15, 0.2) is 0 Å². The number of anilines is 1. The van der Waals surface area contributed by atoms with Crippen molar-refractivity contribution in [2.45, 2.75) is 12.7 Å². The Kier molecular flexibility index (Phi) is 7.97. The van der Waals surface area contributed by atoms with E-state index in [0.717, 1.165) is 28.8 Å². The van der Waals surface area contributed by atoms with E-state index in [2.05, 4.69) is 5.32 Å². The summed E-state index contributed by atoms with van der Waals surface area (Å²) in [5, 5.41) is 2.82. The quantitative estimate of drug-likeness (QED) is 0.217. The van der Waals surface area contributed by atoms with Crippen LogP contribution in [0.3, 0.4) is 0 Å². The molecular formula is C34H28F3N3O2. The van der Waals surface area contributed by atoms with Crippen LogP contribution >= 0.6 is 0 Å². The largest absolute Gasteiger partial charge is 0.416 e. The average Bonchev–Trinajstić information content (AvgIpc) is 3.36. The van der Waals surface area contributed by atoms with E-state index >= 15 is 0 Å². The van der Waals surface area contributed by atoms with E-state index in [1.54, 1.807) is 60.1 Å². The number of halogens is 3. The number of benzene rings is 4. The van der Waals surface area contributed by atoms with Gasteiger partial charge in [0, 0.05) is 32.4 Å². The lowest BCUT2D eigenvalue weighted by Gasteiger charge is -2.18. The van der Waals surface area contributed by atoms with Crippen LogP contribution in [0.15, 0.2) is 115 Å². The predicted octanol–water partition coefficient (Wildman–Crippen LogP) is 7.90. The fraction of sp³-hybridized carbons (Fsp3) is 0.118. The van der Waals surface area contributed by atoms with Gasteiger partial charge >= 0.3 is 6.18 Å². The lowest BCUT2D eigenvalue weighted by Crippen LogP contribution is -2.27. The molecule has 0 aliphatic heterocycles. The maximum absolute atomic E-state index is 13.3. The molecule has 0 saturated carbocycles. The van der Waals surface area contributed by atoms with Crippen molar-refractivity contribution in [3.8, 4) is 22.3 Å². The Balaban J connectivity index is 1.28. The summed E-state index contributed by atoms with van der Waals surface area (Å²) in [7, 11) is 3.44. The summed E-state index contributed by atoms with van der Waals surface area (Å²) in [6.07, 6.45) is -2.80. The molecule has 1 aromatic heterocycles. The summed E-state index contributed by atoms with van der Waals surface area (Å²) in [5.41, 5.74) is 4.52. The molecular weight excluding hydrogens is 539 g/mol. The van der Waals surface area contributed by atoms with Crippen molar-refractivity contribution in [2.24, 2.45) is 7.05 Å². The monoisotopic (exact) mass is 567 g/mol. The third kappa shape index (κ3) is 6.28. The lowest BCUT2D eigenvalue weighted by atomic mass is 9.98. The second-order valence-electron chi connectivity index (χ2n) is 10.0. The number of nitrogens with zero attached hydrogens (tertiary/aromatic N) is 2. The first-order valence-corrected chi connectivity index (χ1v) is 13.2. The lowest BCUT2D eigenvalue weighted by molar-refractivity contribution is -0.137. The van der Waals surface area contributed by atoms with Crippen LogP contribution in [0.4, 0.5) is 18.9 Å². The molecule has 0 fully saturated rings. The highest BCUT2D eigenvalue weighted by Crippen LogP contribution is 2.32. The van der Waals surface area contributed by atoms with Crippen molar-refractivity contribution in [2.75, 3.05) is 12.4 Å². The van der Waals surface area contributed by atoms with Gasteiger partial charge in [-0.2, -0.15) is 13.2 Å². The zero-order valence-corrected chi connectivity index (χ0v) is 23.0. The fourth-order valence-electron chi connectivity index (χ4n) is 4.79. The molecule has 0 atom stereocenters. The molecule has 0 radical (unpaired) electrons. The van der Waals surface area contributed by atoms with Crippen molar-refractivity contribution >= 4 is 17.5 Å². The highest BCUT2D eigenvalue weighted by atomic mass is 19.4. The average molecular weight is 568 g/mol. The van der Waals surface area contributed by atoms with E-state index in [-0.39, 0.29) is 5.91 Å². The Morgan fingerprint density at radius 1 is 0.786 bits per heavy atom. The molecule has 0 spiro atoms. The Hall–Kier alpha value is -5.11. The molecule has 5 rings (SSSR count). The van der Waals surface area contributed by atoms with E-state index in [1.807, 2.05) is 54.6 Å². The normalized spacial score (nSPS) is 11.3. The predicted molar refractivity (Wildman–Crippen MR) is 158 cm³/mol. The number of nitrogens with one attached hydrogen (secondary N) is 1. The zero-order valence-electron chi connectivity index (χ0n) is 23.0. The van der Waals surface area contributed by atoms with Gasteiger partial charge in [0.1, 0.15) is 5.69 Å². The second-order valence-corrected chi connectivity index (χ2v) is 10.0. The maximum Gasteiger partial charge on any atom is 0.416 e. The molecule has 42 heavy (non-hydrogen) atoms. The first kappa shape index (κ1) is 28.4. The van der Waals surface area contributed by atoms with Crippen LogP contribution < -0.4 is 5.32 Å². The van der Waals surface area contributed by atoms with Crippen LogP contribution in [0.2, 0.25) is 0 Å². The SMILES string of the molecule is CN(Cc1ccc(-c2ccccc2)cc1)C(=O)c1cc(NC(=O)c2ccccc2-c2ccc(C(F)(F)F)cc2)cn1C. The number of aryl methyl sites for hydroxylation is 1. The highest BCUT2D eigenvalue weighted by Gasteiger charge is 2.30. The Morgan fingerprint density at radius 3 is 2.05 bits per heavy atom. The Bertz CT molecular complexity index is 1710. The van der Waals surface area contributed by atoms with Gasteiger partial charge in [0.2, 0.25) is 0 Å². The molecule has 212 valence electrons.